The molecule has 2 nitrogen and oxygen atoms in total. The Hall–Kier alpha value is -2.32. The van der Waals surface area contributed by atoms with Crippen LogP contribution in [0.2, 0.25) is 5.02 Å². The Morgan fingerprint density at radius 3 is 2.33 bits per heavy atom. The first kappa shape index (κ1) is 13.7. The second kappa shape index (κ2) is 5.58. The van der Waals surface area contributed by atoms with Gasteiger partial charge in [-0.3, -0.25) is 9.36 Å². The molecule has 0 saturated heterocycles. The first-order valence-corrected chi connectivity index (χ1v) is 7.11. The number of aromatic nitrogens is 1. The average Bonchev–Trinajstić information content (AvgIpc) is 2.51. The third-order valence-corrected chi connectivity index (χ3v) is 3.66. The van der Waals surface area contributed by atoms with E-state index in [0.29, 0.717) is 10.4 Å². The molecule has 0 spiro atoms. The topological polar surface area (TPSA) is 22.0 Å². The summed E-state index contributed by atoms with van der Waals surface area (Å²) in [5.74, 6) is 0. The van der Waals surface area contributed by atoms with Gasteiger partial charge < -0.3 is 0 Å². The van der Waals surface area contributed by atoms with Crippen molar-refractivity contribution in [2.45, 2.75) is 6.92 Å². The van der Waals surface area contributed by atoms with Crippen molar-refractivity contribution in [2.24, 2.45) is 0 Å². The van der Waals surface area contributed by atoms with Gasteiger partial charge in [-0.2, -0.15) is 0 Å². The van der Waals surface area contributed by atoms with Gasteiger partial charge in [0.2, 0.25) is 0 Å². The minimum absolute atomic E-state index is 0.0267. The molecule has 1 aromatic heterocycles. The first-order chi connectivity index (χ1) is 10.2. The van der Waals surface area contributed by atoms with Gasteiger partial charge in [-0.05, 0) is 48.2 Å². The third kappa shape index (κ3) is 2.50. The molecule has 0 aliphatic heterocycles. The molecule has 1 heterocycles. The van der Waals surface area contributed by atoms with E-state index in [2.05, 4.69) is 0 Å². The molecule has 21 heavy (non-hydrogen) atoms. The van der Waals surface area contributed by atoms with Crippen LogP contribution >= 0.6 is 11.6 Å². The van der Waals surface area contributed by atoms with Crippen molar-refractivity contribution in [3.63, 3.8) is 0 Å². The van der Waals surface area contributed by atoms with Crippen LogP contribution in [0.1, 0.15) is 12.5 Å². The molecule has 3 rings (SSSR count). The van der Waals surface area contributed by atoms with E-state index in [4.69, 9.17) is 11.6 Å². The summed E-state index contributed by atoms with van der Waals surface area (Å²) < 4.78 is 1.66. The lowest BCUT2D eigenvalue weighted by Gasteiger charge is -2.10. The van der Waals surface area contributed by atoms with Gasteiger partial charge in [0.05, 0.1) is 0 Å². The molecule has 0 aliphatic rings. The highest BCUT2D eigenvalue weighted by Gasteiger charge is 2.08. The molecule has 0 radical (unpaired) electrons. The van der Waals surface area contributed by atoms with E-state index in [1.807, 2.05) is 61.7 Å². The lowest BCUT2D eigenvalue weighted by molar-refractivity contribution is 1.01. The normalized spacial score (nSPS) is 11.3. The number of fused-ring (bicyclic) bond motifs is 1. The number of benzene rings is 2. The predicted octanol–water partition coefficient (Wildman–Crippen LogP) is 4.68. The summed E-state index contributed by atoms with van der Waals surface area (Å²) >= 11 is 5.92. The highest BCUT2D eigenvalue weighted by atomic mass is 35.5. The Morgan fingerprint density at radius 1 is 1.00 bits per heavy atom. The minimum Gasteiger partial charge on any atom is -0.283 e. The number of hydrogen-bond acceptors (Lipinski definition) is 1. The van der Waals surface area contributed by atoms with Gasteiger partial charge in [-0.15, -0.1) is 0 Å². The Balaban J connectivity index is 2.35. The Labute approximate surface area is 127 Å². The number of allylic oxidation sites excluding steroid dienone is 1. The van der Waals surface area contributed by atoms with Crippen LogP contribution in [0, 0.1) is 0 Å². The highest BCUT2D eigenvalue weighted by Crippen LogP contribution is 2.19. The zero-order valence-corrected chi connectivity index (χ0v) is 12.3. The zero-order valence-electron chi connectivity index (χ0n) is 11.6. The second-order valence-corrected chi connectivity index (χ2v) is 5.22. The predicted molar refractivity (Wildman–Crippen MR) is 89.3 cm³/mol. The molecule has 0 unspecified atom stereocenters. The molecule has 0 aliphatic carbocycles. The second-order valence-electron chi connectivity index (χ2n) is 4.78. The van der Waals surface area contributed by atoms with E-state index in [0.717, 1.165) is 16.6 Å². The van der Waals surface area contributed by atoms with Crippen molar-refractivity contribution in [3.05, 3.63) is 81.7 Å². The maximum atomic E-state index is 12.7. The van der Waals surface area contributed by atoms with Crippen LogP contribution in [-0.2, 0) is 0 Å². The molecular formula is C18H14ClNO. The number of nitrogens with zero attached hydrogens (tertiary/aromatic N) is 1. The summed E-state index contributed by atoms with van der Waals surface area (Å²) in [5, 5.41) is 2.33. The van der Waals surface area contributed by atoms with Crippen LogP contribution in [0.4, 0.5) is 0 Å². The standard InChI is InChI=1S/C18H14ClNO/c1-2-5-13-12-20(15-10-8-14(19)9-11-15)18(21)17-7-4-3-6-16(13)17/h2-12H,1H3/b5-2+. The summed E-state index contributed by atoms with van der Waals surface area (Å²) in [7, 11) is 0. The van der Waals surface area contributed by atoms with Crippen molar-refractivity contribution < 1.29 is 0 Å². The summed E-state index contributed by atoms with van der Waals surface area (Å²) in [6, 6.07) is 14.9. The molecule has 0 atom stereocenters. The largest absolute Gasteiger partial charge is 0.283 e. The van der Waals surface area contributed by atoms with E-state index in [9.17, 15) is 4.79 Å². The van der Waals surface area contributed by atoms with Crippen LogP contribution in [-0.4, -0.2) is 4.57 Å². The fourth-order valence-electron chi connectivity index (χ4n) is 2.42. The van der Waals surface area contributed by atoms with Gasteiger partial charge in [-0.1, -0.05) is 42.0 Å². The number of pyridine rings is 1. The SMILES string of the molecule is C/C=C/c1cn(-c2ccc(Cl)cc2)c(=O)c2ccccc12. The quantitative estimate of drug-likeness (QED) is 0.673. The number of rotatable bonds is 2. The molecule has 2 aromatic carbocycles. The van der Waals surface area contributed by atoms with Crippen LogP contribution < -0.4 is 5.56 Å². The summed E-state index contributed by atoms with van der Waals surface area (Å²) in [6.45, 7) is 1.96. The zero-order chi connectivity index (χ0) is 14.8. The fourth-order valence-corrected chi connectivity index (χ4v) is 2.55. The Kier molecular flexibility index (Phi) is 3.63. The van der Waals surface area contributed by atoms with Crippen LogP contribution in [0.15, 0.2) is 65.6 Å². The monoisotopic (exact) mass is 295 g/mol. The summed E-state index contributed by atoms with van der Waals surface area (Å²) in [5.41, 5.74) is 1.80. The van der Waals surface area contributed by atoms with E-state index < -0.39 is 0 Å². The summed E-state index contributed by atoms with van der Waals surface area (Å²) in [4.78, 5) is 12.7. The molecule has 0 bridgehead atoms. The highest BCUT2D eigenvalue weighted by molar-refractivity contribution is 6.30. The van der Waals surface area contributed by atoms with Crippen molar-refractivity contribution >= 4 is 28.4 Å². The molecule has 3 aromatic rings. The van der Waals surface area contributed by atoms with Crippen LogP contribution in [0.3, 0.4) is 0 Å². The van der Waals surface area contributed by atoms with Crippen molar-refractivity contribution in [3.8, 4) is 5.69 Å². The van der Waals surface area contributed by atoms with E-state index >= 15 is 0 Å². The van der Waals surface area contributed by atoms with Gasteiger partial charge in [0.1, 0.15) is 0 Å². The van der Waals surface area contributed by atoms with Gasteiger partial charge >= 0.3 is 0 Å². The number of hydrogen-bond donors (Lipinski definition) is 0. The van der Waals surface area contributed by atoms with Crippen molar-refractivity contribution in [2.75, 3.05) is 0 Å². The van der Waals surface area contributed by atoms with Crippen LogP contribution in [0.25, 0.3) is 22.5 Å². The lowest BCUT2D eigenvalue weighted by Crippen LogP contribution is -2.18. The lowest BCUT2D eigenvalue weighted by atomic mass is 10.1. The van der Waals surface area contributed by atoms with Crippen molar-refractivity contribution in [1.82, 2.24) is 4.57 Å². The molecule has 0 amide bonds. The average molecular weight is 296 g/mol. The molecule has 104 valence electrons. The maximum absolute atomic E-state index is 12.7. The van der Waals surface area contributed by atoms with Gasteiger partial charge in [0.25, 0.3) is 5.56 Å². The number of halogens is 1. The minimum atomic E-state index is -0.0267. The smallest absolute Gasteiger partial charge is 0.262 e. The van der Waals surface area contributed by atoms with Gasteiger partial charge in [0.15, 0.2) is 0 Å². The van der Waals surface area contributed by atoms with E-state index in [1.54, 1.807) is 16.7 Å². The van der Waals surface area contributed by atoms with Gasteiger partial charge in [-0.25, -0.2) is 0 Å². The third-order valence-electron chi connectivity index (χ3n) is 3.41. The summed E-state index contributed by atoms with van der Waals surface area (Å²) in [6.07, 6.45) is 5.85. The first-order valence-electron chi connectivity index (χ1n) is 6.74. The molecule has 0 N–H and O–H groups in total. The molecular weight excluding hydrogens is 282 g/mol. The van der Waals surface area contributed by atoms with E-state index in [1.165, 1.54) is 0 Å². The molecule has 3 heteroatoms. The maximum Gasteiger partial charge on any atom is 0.262 e. The molecule has 0 fully saturated rings. The van der Waals surface area contributed by atoms with E-state index in [-0.39, 0.29) is 5.56 Å². The van der Waals surface area contributed by atoms with Crippen molar-refractivity contribution in [1.29, 1.82) is 0 Å². The molecule has 0 saturated carbocycles. The van der Waals surface area contributed by atoms with Gasteiger partial charge in [0, 0.05) is 22.3 Å². The Morgan fingerprint density at radius 2 is 1.67 bits per heavy atom. The van der Waals surface area contributed by atoms with Crippen LogP contribution in [0.5, 0.6) is 0 Å². The Bertz CT molecular complexity index is 876. The fraction of sp³-hybridized carbons (Fsp3) is 0.0556.